The van der Waals surface area contributed by atoms with Crippen LogP contribution in [-0.4, -0.2) is 30.6 Å². The lowest BCUT2D eigenvalue weighted by Gasteiger charge is -2.11. The standard InChI is InChI=1S/C6H8O3.C5H8O/c1-3-6(2)4-8-5(7)9-6;1-3-5(2)4-6-5/h3H,1,4H2,2H3;3H,1,4H2,2H3/t6-;/m1./s1. The van der Waals surface area contributed by atoms with Crippen molar-refractivity contribution in [2.75, 3.05) is 13.2 Å². The van der Waals surface area contributed by atoms with Gasteiger partial charge in [-0.15, -0.1) is 6.58 Å². The second-order valence-corrected chi connectivity index (χ2v) is 3.96. The van der Waals surface area contributed by atoms with Gasteiger partial charge in [-0.1, -0.05) is 12.7 Å². The first-order valence-corrected chi connectivity index (χ1v) is 4.70. The average Bonchev–Trinajstić information content (AvgIpc) is 2.86. The molecule has 0 amide bonds. The Morgan fingerprint density at radius 2 is 1.73 bits per heavy atom. The first-order chi connectivity index (χ1) is 6.93. The lowest BCUT2D eigenvalue weighted by Crippen LogP contribution is -2.23. The Morgan fingerprint density at radius 1 is 1.20 bits per heavy atom. The van der Waals surface area contributed by atoms with E-state index in [4.69, 9.17) is 9.47 Å². The SMILES string of the molecule is C=CC1(C)CO1.C=C[C@]1(C)COC(=O)O1. The quantitative estimate of drug-likeness (QED) is 0.399. The van der Waals surface area contributed by atoms with Gasteiger partial charge in [-0.05, 0) is 19.9 Å². The summed E-state index contributed by atoms with van der Waals surface area (Å²) in [7, 11) is 0. The van der Waals surface area contributed by atoms with Gasteiger partial charge in [-0.25, -0.2) is 4.79 Å². The molecular weight excluding hydrogens is 196 g/mol. The van der Waals surface area contributed by atoms with Crippen LogP contribution in [0.25, 0.3) is 0 Å². The van der Waals surface area contributed by atoms with Gasteiger partial charge in [0.1, 0.15) is 12.2 Å². The maximum Gasteiger partial charge on any atom is 0.509 e. The van der Waals surface area contributed by atoms with E-state index in [0.717, 1.165) is 6.61 Å². The second-order valence-electron chi connectivity index (χ2n) is 3.96. The molecule has 2 fully saturated rings. The number of carbonyl (C=O) groups is 1. The van der Waals surface area contributed by atoms with Crippen molar-refractivity contribution in [3.63, 3.8) is 0 Å². The van der Waals surface area contributed by atoms with Crippen LogP contribution in [-0.2, 0) is 14.2 Å². The Balaban J connectivity index is 0.000000162. The molecule has 0 aliphatic carbocycles. The molecule has 2 aliphatic rings. The maximum absolute atomic E-state index is 10.3. The summed E-state index contributed by atoms with van der Waals surface area (Å²) < 4.78 is 14.2. The largest absolute Gasteiger partial charge is 0.509 e. The van der Waals surface area contributed by atoms with Crippen molar-refractivity contribution in [1.82, 2.24) is 0 Å². The lowest BCUT2D eigenvalue weighted by atomic mass is 10.1. The Kier molecular flexibility index (Phi) is 3.19. The molecule has 4 nitrogen and oxygen atoms in total. The molecule has 0 bridgehead atoms. The molecule has 84 valence electrons. The highest BCUT2D eigenvalue weighted by Gasteiger charge is 2.35. The van der Waals surface area contributed by atoms with Crippen LogP contribution in [0.4, 0.5) is 4.79 Å². The number of ether oxygens (including phenoxy) is 3. The molecule has 0 aromatic heterocycles. The molecule has 0 radical (unpaired) electrons. The molecule has 0 aromatic rings. The molecule has 0 spiro atoms. The topological polar surface area (TPSA) is 48.1 Å². The molecule has 0 aromatic carbocycles. The number of hydrogen-bond donors (Lipinski definition) is 0. The fourth-order valence-corrected chi connectivity index (χ4v) is 0.784. The molecule has 0 saturated carbocycles. The molecule has 2 heterocycles. The fourth-order valence-electron chi connectivity index (χ4n) is 0.784. The van der Waals surface area contributed by atoms with Crippen LogP contribution in [0, 0.1) is 0 Å². The third-order valence-corrected chi connectivity index (χ3v) is 2.26. The average molecular weight is 212 g/mol. The van der Waals surface area contributed by atoms with Gasteiger partial charge in [0.15, 0.2) is 5.60 Å². The van der Waals surface area contributed by atoms with Crippen molar-refractivity contribution in [2.24, 2.45) is 0 Å². The Bertz CT molecular complexity index is 280. The molecule has 0 N–H and O–H groups in total. The molecule has 15 heavy (non-hydrogen) atoms. The van der Waals surface area contributed by atoms with Gasteiger partial charge in [0.05, 0.1) is 6.61 Å². The highest BCUT2D eigenvalue weighted by molar-refractivity contribution is 5.63. The minimum Gasteiger partial charge on any atom is -0.430 e. The Labute approximate surface area is 89.5 Å². The summed E-state index contributed by atoms with van der Waals surface area (Å²) in [5.74, 6) is 0. The zero-order valence-corrected chi connectivity index (χ0v) is 9.12. The number of rotatable bonds is 2. The van der Waals surface area contributed by atoms with E-state index in [0.29, 0.717) is 0 Å². The summed E-state index contributed by atoms with van der Waals surface area (Å²) in [4.78, 5) is 10.3. The first-order valence-electron chi connectivity index (χ1n) is 4.70. The van der Waals surface area contributed by atoms with Crippen LogP contribution in [0.1, 0.15) is 13.8 Å². The minimum absolute atomic E-state index is 0.0556. The van der Waals surface area contributed by atoms with Crippen LogP contribution in [0.15, 0.2) is 25.3 Å². The molecule has 2 atom stereocenters. The fraction of sp³-hybridized carbons (Fsp3) is 0.545. The van der Waals surface area contributed by atoms with E-state index >= 15 is 0 Å². The van der Waals surface area contributed by atoms with Crippen molar-refractivity contribution < 1.29 is 19.0 Å². The molecule has 2 aliphatic heterocycles. The van der Waals surface area contributed by atoms with E-state index in [-0.39, 0.29) is 12.2 Å². The number of cyclic esters (lactones) is 2. The van der Waals surface area contributed by atoms with E-state index in [1.54, 1.807) is 13.0 Å². The molecular formula is C11H16O4. The zero-order chi connectivity index (χ0) is 11.5. The van der Waals surface area contributed by atoms with E-state index in [1.807, 2.05) is 13.0 Å². The summed E-state index contributed by atoms with van der Waals surface area (Å²) in [5.41, 5.74) is -0.545. The van der Waals surface area contributed by atoms with Crippen LogP contribution in [0.3, 0.4) is 0 Å². The van der Waals surface area contributed by atoms with Crippen LogP contribution >= 0.6 is 0 Å². The third kappa shape index (κ3) is 3.40. The van der Waals surface area contributed by atoms with Gasteiger partial charge in [0, 0.05) is 0 Å². The van der Waals surface area contributed by atoms with Gasteiger partial charge in [-0.3, -0.25) is 0 Å². The minimum atomic E-state index is -0.614. The smallest absolute Gasteiger partial charge is 0.430 e. The monoisotopic (exact) mass is 212 g/mol. The number of hydrogen-bond acceptors (Lipinski definition) is 4. The van der Waals surface area contributed by atoms with E-state index < -0.39 is 11.8 Å². The van der Waals surface area contributed by atoms with Gasteiger partial charge >= 0.3 is 6.16 Å². The lowest BCUT2D eigenvalue weighted by molar-refractivity contribution is 0.0993. The summed E-state index contributed by atoms with van der Waals surface area (Å²) in [5, 5.41) is 0. The van der Waals surface area contributed by atoms with Crippen LogP contribution < -0.4 is 0 Å². The summed E-state index contributed by atoms with van der Waals surface area (Å²) >= 11 is 0. The van der Waals surface area contributed by atoms with Gasteiger partial charge in [-0.2, -0.15) is 0 Å². The Hall–Kier alpha value is -1.29. The van der Waals surface area contributed by atoms with Crippen molar-refractivity contribution in [3.8, 4) is 0 Å². The van der Waals surface area contributed by atoms with Gasteiger partial charge < -0.3 is 14.2 Å². The molecule has 1 unspecified atom stereocenters. The van der Waals surface area contributed by atoms with Crippen molar-refractivity contribution in [3.05, 3.63) is 25.3 Å². The number of epoxide rings is 1. The third-order valence-electron chi connectivity index (χ3n) is 2.26. The first kappa shape index (κ1) is 11.8. The summed E-state index contributed by atoms with van der Waals surface area (Å²) in [6.07, 6.45) is 2.77. The normalized spacial score (nSPS) is 36.8. The van der Waals surface area contributed by atoms with E-state index in [9.17, 15) is 4.79 Å². The number of carbonyl (C=O) groups excluding carboxylic acids is 1. The van der Waals surface area contributed by atoms with Gasteiger partial charge in [0.25, 0.3) is 0 Å². The summed E-state index contributed by atoms with van der Waals surface area (Å²) in [6, 6.07) is 0. The van der Waals surface area contributed by atoms with E-state index in [2.05, 4.69) is 17.9 Å². The highest BCUT2D eigenvalue weighted by Crippen LogP contribution is 2.25. The second kappa shape index (κ2) is 4.06. The predicted molar refractivity (Wildman–Crippen MR) is 55.6 cm³/mol. The Morgan fingerprint density at radius 3 is 1.87 bits per heavy atom. The van der Waals surface area contributed by atoms with Crippen LogP contribution in [0.5, 0.6) is 0 Å². The molecule has 2 saturated heterocycles. The zero-order valence-electron chi connectivity index (χ0n) is 9.12. The van der Waals surface area contributed by atoms with Crippen LogP contribution in [0.2, 0.25) is 0 Å². The molecule has 4 heteroatoms. The maximum atomic E-state index is 10.3. The van der Waals surface area contributed by atoms with Gasteiger partial charge in [0.2, 0.25) is 0 Å². The predicted octanol–water partition coefficient (Wildman–Crippen LogP) is 2.06. The van der Waals surface area contributed by atoms with Crippen molar-refractivity contribution in [1.29, 1.82) is 0 Å². The van der Waals surface area contributed by atoms with Crippen molar-refractivity contribution >= 4 is 6.16 Å². The van der Waals surface area contributed by atoms with Crippen molar-refractivity contribution in [2.45, 2.75) is 25.0 Å². The molecule has 2 rings (SSSR count). The van der Waals surface area contributed by atoms with E-state index in [1.165, 1.54) is 0 Å². The summed E-state index contributed by atoms with van der Waals surface area (Å²) in [6.45, 7) is 11.9. The highest BCUT2D eigenvalue weighted by atomic mass is 16.8.